The van der Waals surface area contributed by atoms with Crippen LogP contribution in [-0.2, 0) is 16.1 Å². The van der Waals surface area contributed by atoms with Crippen LogP contribution in [0.25, 0.3) is 0 Å². The Morgan fingerprint density at radius 2 is 1.94 bits per heavy atom. The molecule has 4 rings (SSSR count). The van der Waals surface area contributed by atoms with Crippen molar-refractivity contribution in [2.45, 2.75) is 18.7 Å². The highest BCUT2D eigenvalue weighted by atomic mass is 19.1. The Morgan fingerprint density at radius 3 is 2.62 bits per heavy atom. The number of aromatic nitrogens is 2. The molecule has 1 aliphatic heterocycles. The van der Waals surface area contributed by atoms with Gasteiger partial charge < -0.3 is 20.1 Å². The van der Waals surface area contributed by atoms with E-state index in [1.807, 2.05) is 0 Å². The minimum Gasteiger partial charge on any atom is -0.386 e. The van der Waals surface area contributed by atoms with Gasteiger partial charge in [-0.05, 0) is 35.4 Å². The molecule has 2 amide bonds. The zero-order valence-electron chi connectivity index (χ0n) is 17.0. The minimum absolute atomic E-state index is 0.0717. The van der Waals surface area contributed by atoms with Gasteiger partial charge in [0, 0.05) is 24.6 Å². The van der Waals surface area contributed by atoms with Crippen molar-refractivity contribution in [2.24, 2.45) is 0 Å². The summed E-state index contributed by atoms with van der Waals surface area (Å²) in [5, 5.41) is 13.7. The van der Waals surface area contributed by atoms with Crippen LogP contribution in [-0.4, -0.2) is 51.0 Å². The number of ether oxygens (including phenoxy) is 1. The molecule has 1 aliphatic rings. The summed E-state index contributed by atoms with van der Waals surface area (Å²) in [6.07, 6.45) is 3.26. The number of hydrogen-bond acceptors (Lipinski definition) is 6. The second kappa shape index (κ2) is 9.63. The number of carbonyl (C=O) groups excluding carboxylic acids is 2. The van der Waals surface area contributed by atoms with E-state index in [0.29, 0.717) is 11.3 Å². The van der Waals surface area contributed by atoms with Crippen molar-refractivity contribution in [3.05, 3.63) is 89.8 Å². The number of nitrogens with zero attached hydrogens (tertiary/aromatic N) is 3. The average molecular weight is 436 g/mol. The van der Waals surface area contributed by atoms with Gasteiger partial charge >= 0.3 is 0 Å². The summed E-state index contributed by atoms with van der Waals surface area (Å²) < 4.78 is 18.6. The number of benzene rings is 2. The van der Waals surface area contributed by atoms with E-state index in [9.17, 15) is 19.1 Å². The van der Waals surface area contributed by atoms with Crippen LogP contribution in [0.5, 0.6) is 0 Å². The predicted molar refractivity (Wildman–Crippen MR) is 113 cm³/mol. The van der Waals surface area contributed by atoms with Crippen LogP contribution in [0.2, 0.25) is 0 Å². The molecule has 0 aliphatic carbocycles. The zero-order chi connectivity index (χ0) is 22.5. The van der Waals surface area contributed by atoms with Crippen molar-refractivity contribution in [3.8, 4) is 0 Å². The smallest absolute Gasteiger partial charge is 0.275 e. The van der Waals surface area contributed by atoms with Crippen molar-refractivity contribution in [1.82, 2.24) is 14.9 Å². The number of aliphatic hydroxyl groups is 1. The third kappa shape index (κ3) is 4.96. The zero-order valence-corrected chi connectivity index (χ0v) is 17.0. The van der Waals surface area contributed by atoms with Crippen LogP contribution >= 0.6 is 0 Å². The molecule has 2 heterocycles. The molecule has 2 N–H and O–H groups in total. The van der Waals surface area contributed by atoms with Crippen molar-refractivity contribution >= 4 is 17.5 Å². The maximum Gasteiger partial charge on any atom is 0.275 e. The summed E-state index contributed by atoms with van der Waals surface area (Å²) in [4.78, 5) is 34.0. The number of carbonyl (C=O) groups is 2. The third-order valence-corrected chi connectivity index (χ3v) is 5.17. The van der Waals surface area contributed by atoms with E-state index >= 15 is 0 Å². The molecule has 2 aromatic carbocycles. The summed E-state index contributed by atoms with van der Waals surface area (Å²) in [7, 11) is 0. The summed E-state index contributed by atoms with van der Waals surface area (Å²) in [5.41, 5.74) is 2.03. The Balaban J connectivity index is 1.46. The van der Waals surface area contributed by atoms with E-state index in [0.717, 1.165) is 5.56 Å². The maximum absolute atomic E-state index is 13.2. The molecule has 164 valence electrons. The van der Waals surface area contributed by atoms with Crippen molar-refractivity contribution in [1.29, 1.82) is 0 Å². The molecule has 32 heavy (non-hydrogen) atoms. The number of morpholine rings is 1. The number of anilines is 1. The average Bonchev–Trinajstić information content (AvgIpc) is 2.82. The summed E-state index contributed by atoms with van der Waals surface area (Å²) >= 11 is 0. The molecule has 0 spiro atoms. The maximum atomic E-state index is 13.2. The van der Waals surface area contributed by atoms with Gasteiger partial charge in [0.25, 0.3) is 5.91 Å². The molecule has 8 nitrogen and oxygen atoms in total. The topological polar surface area (TPSA) is 105 Å². The van der Waals surface area contributed by atoms with E-state index in [4.69, 9.17) is 4.74 Å². The van der Waals surface area contributed by atoms with Crippen molar-refractivity contribution < 1.29 is 23.8 Å². The highest BCUT2D eigenvalue weighted by Crippen LogP contribution is 2.27. The second-order valence-electron chi connectivity index (χ2n) is 7.34. The summed E-state index contributed by atoms with van der Waals surface area (Å²) in [6.45, 7) is 0.327. The number of halogens is 1. The Labute approximate surface area is 183 Å². The molecule has 2 unspecified atom stereocenters. The van der Waals surface area contributed by atoms with E-state index in [1.165, 1.54) is 30.7 Å². The second-order valence-corrected chi connectivity index (χ2v) is 7.34. The van der Waals surface area contributed by atoms with Crippen LogP contribution in [0.15, 0.2) is 67.1 Å². The molecule has 1 saturated heterocycles. The molecular weight excluding hydrogens is 415 g/mol. The number of hydrogen-bond donors (Lipinski definition) is 2. The summed E-state index contributed by atoms with van der Waals surface area (Å²) in [6, 6.07) is 11.9. The molecule has 1 aromatic heterocycles. The number of rotatable bonds is 6. The normalized spacial score (nSPS) is 17.1. The van der Waals surface area contributed by atoms with Gasteiger partial charge in [0.1, 0.15) is 24.2 Å². The minimum atomic E-state index is -1.01. The number of aliphatic hydroxyl groups excluding tert-OH is 1. The Bertz CT molecular complexity index is 1080. The van der Waals surface area contributed by atoms with Gasteiger partial charge in [-0.1, -0.05) is 24.3 Å². The molecule has 2 atom stereocenters. The number of nitrogens with one attached hydrogen (secondary N) is 1. The van der Waals surface area contributed by atoms with E-state index in [-0.39, 0.29) is 37.2 Å². The van der Waals surface area contributed by atoms with Crippen LogP contribution in [0.4, 0.5) is 10.1 Å². The van der Waals surface area contributed by atoms with Gasteiger partial charge in [-0.3, -0.25) is 14.6 Å². The van der Waals surface area contributed by atoms with E-state index in [2.05, 4.69) is 15.3 Å². The van der Waals surface area contributed by atoms with Crippen LogP contribution in [0.1, 0.15) is 27.7 Å². The Morgan fingerprint density at radius 1 is 1.19 bits per heavy atom. The van der Waals surface area contributed by atoms with Gasteiger partial charge in [-0.15, -0.1) is 0 Å². The van der Waals surface area contributed by atoms with Crippen LogP contribution < -0.4 is 5.32 Å². The Hall–Kier alpha value is -3.69. The largest absolute Gasteiger partial charge is 0.386 e. The third-order valence-electron chi connectivity index (χ3n) is 5.17. The molecule has 3 aromatic rings. The first-order valence-electron chi connectivity index (χ1n) is 9.98. The highest BCUT2D eigenvalue weighted by Gasteiger charge is 2.34. The Kier molecular flexibility index (Phi) is 6.48. The molecule has 1 fully saturated rings. The lowest BCUT2D eigenvalue weighted by molar-refractivity contribution is -0.155. The lowest BCUT2D eigenvalue weighted by atomic mass is 9.99. The first-order valence-corrected chi connectivity index (χ1v) is 9.98. The van der Waals surface area contributed by atoms with Crippen LogP contribution in [0.3, 0.4) is 0 Å². The lowest BCUT2D eigenvalue weighted by Crippen LogP contribution is -2.51. The van der Waals surface area contributed by atoms with Gasteiger partial charge in [-0.2, -0.15) is 0 Å². The standard InChI is InChI=1S/C23H21FN4O4/c24-17-5-1-15(2-6-17)12-28-20(13-32-14-21(28)29)22(30)16-3-7-18(8-4-16)27-23(31)19-11-25-9-10-26-19/h1-11,20,22,30H,12-14H2,(H,27,31). The predicted octanol–water partition coefficient (Wildman–Crippen LogP) is 2.33. The fourth-order valence-corrected chi connectivity index (χ4v) is 3.48. The quantitative estimate of drug-likeness (QED) is 0.615. The van der Waals surface area contributed by atoms with E-state index < -0.39 is 18.1 Å². The van der Waals surface area contributed by atoms with E-state index in [1.54, 1.807) is 41.3 Å². The van der Waals surface area contributed by atoms with Crippen LogP contribution in [0, 0.1) is 5.82 Å². The number of amides is 2. The van der Waals surface area contributed by atoms with Crippen molar-refractivity contribution in [2.75, 3.05) is 18.5 Å². The van der Waals surface area contributed by atoms with Crippen molar-refractivity contribution in [3.63, 3.8) is 0 Å². The molecule has 0 radical (unpaired) electrons. The van der Waals surface area contributed by atoms with Gasteiger partial charge in [0.05, 0.1) is 18.8 Å². The first-order chi connectivity index (χ1) is 15.5. The highest BCUT2D eigenvalue weighted by molar-refractivity contribution is 6.02. The molecule has 0 saturated carbocycles. The first kappa shape index (κ1) is 21.5. The monoisotopic (exact) mass is 436 g/mol. The SMILES string of the molecule is O=C(Nc1ccc(C(O)C2COCC(=O)N2Cc2ccc(F)cc2)cc1)c1cnccn1. The fourth-order valence-electron chi connectivity index (χ4n) is 3.48. The van der Waals surface area contributed by atoms with Gasteiger partial charge in [-0.25, -0.2) is 9.37 Å². The van der Waals surface area contributed by atoms with Gasteiger partial charge in [0.15, 0.2) is 0 Å². The molecular formula is C23H21FN4O4. The lowest BCUT2D eigenvalue weighted by Gasteiger charge is -2.38. The summed E-state index contributed by atoms with van der Waals surface area (Å²) in [5.74, 6) is -1.01. The fraction of sp³-hybridized carbons (Fsp3) is 0.217. The van der Waals surface area contributed by atoms with Gasteiger partial charge in [0.2, 0.25) is 5.91 Å². The molecule has 0 bridgehead atoms. The molecule has 9 heteroatoms.